The number of hydrogen-bond acceptors (Lipinski definition) is 2. The molecule has 0 spiro atoms. The van der Waals surface area contributed by atoms with E-state index in [4.69, 9.17) is 4.98 Å². The van der Waals surface area contributed by atoms with E-state index in [1.165, 1.54) is 64.1 Å². The van der Waals surface area contributed by atoms with Crippen LogP contribution in [-0.4, -0.2) is 14.1 Å². The SMILES string of the molecule is c1ccc(C2C(c3ccc4c(c3)c3ccccc3n4-c3ccc4c(c3)c3cccnc3n4-c3ccccc3)C2c2cccc3c2sc2ccccc23)cc1. The second-order valence-corrected chi connectivity index (χ2v) is 15.7. The quantitative estimate of drug-likeness (QED) is 0.175. The maximum atomic E-state index is 4.86. The number of nitrogens with zero attached hydrogens (tertiary/aromatic N) is 3. The number of para-hydroxylation sites is 2. The van der Waals surface area contributed by atoms with Crippen LogP contribution in [0.25, 0.3) is 75.3 Å². The standard InChI is InChI=1S/C50H33N3S/c1-3-13-31(14-4-1)46-47(48(46)39-20-11-19-37-36-18-8-10-23-45(36)54-49(37)39)32-24-26-43-40(29-32)35-17-7-9-22-42(35)52(43)34-25-27-44-41(30-34)38-21-12-28-51-50(38)53(44)33-15-5-2-6-16-33/h1-30,46-48H. The predicted molar refractivity (Wildman–Crippen MR) is 227 cm³/mol. The average molecular weight is 708 g/mol. The lowest BCUT2D eigenvalue weighted by molar-refractivity contribution is 1.03. The molecule has 3 unspecified atom stereocenters. The molecule has 1 aliphatic carbocycles. The molecular formula is C50H33N3S. The Kier molecular flexibility index (Phi) is 6.40. The van der Waals surface area contributed by atoms with Gasteiger partial charge in [-0.15, -0.1) is 11.3 Å². The van der Waals surface area contributed by atoms with E-state index in [1.807, 2.05) is 23.6 Å². The molecule has 0 N–H and O–H groups in total. The molecule has 54 heavy (non-hydrogen) atoms. The van der Waals surface area contributed by atoms with Gasteiger partial charge < -0.3 is 4.57 Å². The number of aromatic nitrogens is 3. The second kappa shape index (κ2) is 11.5. The van der Waals surface area contributed by atoms with Gasteiger partial charge in [0.15, 0.2) is 0 Å². The molecule has 4 heteroatoms. The van der Waals surface area contributed by atoms with Crippen LogP contribution in [0.4, 0.5) is 0 Å². The Morgan fingerprint density at radius 3 is 1.96 bits per heavy atom. The summed E-state index contributed by atoms with van der Waals surface area (Å²) in [6.07, 6.45) is 1.89. The van der Waals surface area contributed by atoms with E-state index >= 15 is 0 Å². The number of pyridine rings is 1. The molecule has 0 amide bonds. The van der Waals surface area contributed by atoms with Gasteiger partial charge in [-0.25, -0.2) is 4.98 Å². The molecule has 1 saturated carbocycles. The largest absolute Gasteiger partial charge is 0.309 e. The van der Waals surface area contributed by atoms with E-state index in [1.54, 1.807) is 0 Å². The van der Waals surface area contributed by atoms with Gasteiger partial charge in [0.1, 0.15) is 5.65 Å². The zero-order chi connectivity index (χ0) is 35.3. The number of benzene rings is 7. The lowest BCUT2D eigenvalue weighted by Crippen LogP contribution is -1.96. The fourth-order valence-corrected chi connectivity index (χ4v) is 10.8. The Bertz CT molecular complexity index is 3240. The van der Waals surface area contributed by atoms with Gasteiger partial charge in [0.2, 0.25) is 0 Å². The van der Waals surface area contributed by atoms with Gasteiger partial charge in [-0.1, -0.05) is 109 Å². The van der Waals surface area contributed by atoms with Crippen molar-refractivity contribution in [3.8, 4) is 11.4 Å². The first-order valence-corrected chi connectivity index (χ1v) is 19.6. The minimum atomic E-state index is 0.391. The first-order chi connectivity index (χ1) is 26.8. The summed E-state index contributed by atoms with van der Waals surface area (Å²) >= 11 is 1.95. The Hall–Kier alpha value is -6.49. The predicted octanol–water partition coefficient (Wildman–Crippen LogP) is 13.3. The highest BCUT2D eigenvalue weighted by molar-refractivity contribution is 7.26. The summed E-state index contributed by atoms with van der Waals surface area (Å²) in [6.45, 7) is 0. The molecule has 1 fully saturated rings. The molecule has 4 heterocycles. The first kappa shape index (κ1) is 30.0. The summed E-state index contributed by atoms with van der Waals surface area (Å²) in [5.41, 5.74) is 11.2. The van der Waals surface area contributed by atoms with Crippen LogP contribution in [0.2, 0.25) is 0 Å². The van der Waals surface area contributed by atoms with Crippen LogP contribution < -0.4 is 0 Å². The van der Waals surface area contributed by atoms with Crippen molar-refractivity contribution in [2.24, 2.45) is 0 Å². The van der Waals surface area contributed by atoms with Crippen LogP contribution in [0.15, 0.2) is 182 Å². The fourth-order valence-electron chi connectivity index (χ4n) is 9.52. The van der Waals surface area contributed by atoms with Gasteiger partial charge in [-0.3, -0.25) is 4.57 Å². The molecule has 7 aromatic carbocycles. The number of thiophene rings is 1. The third kappa shape index (κ3) is 4.32. The van der Waals surface area contributed by atoms with Crippen LogP contribution in [0.5, 0.6) is 0 Å². The van der Waals surface area contributed by atoms with Crippen molar-refractivity contribution >= 4 is 75.3 Å². The number of rotatable bonds is 5. The summed E-state index contributed by atoms with van der Waals surface area (Å²) in [6, 6.07) is 64.9. The van der Waals surface area contributed by atoms with Crippen LogP contribution in [0.3, 0.4) is 0 Å². The highest BCUT2D eigenvalue weighted by atomic mass is 32.1. The molecule has 12 rings (SSSR count). The van der Waals surface area contributed by atoms with Crippen LogP contribution in [-0.2, 0) is 0 Å². The van der Waals surface area contributed by atoms with Gasteiger partial charge in [0.05, 0.1) is 16.6 Å². The molecule has 0 saturated heterocycles. The molecule has 0 aliphatic heterocycles. The number of hydrogen-bond donors (Lipinski definition) is 0. The highest BCUT2D eigenvalue weighted by Crippen LogP contribution is 2.67. The monoisotopic (exact) mass is 707 g/mol. The van der Waals surface area contributed by atoms with Crippen LogP contribution in [0.1, 0.15) is 34.4 Å². The van der Waals surface area contributed by atoms with Gasteiger partial charge in [-0.2, -0.15) is 0 Å². The second-order valence-electron chi connectivity index (χ2n) is 14.7. The van der Waals surface area contributed by atoms with E-state index in [0.717, 1.165) is 27.9 Å². The van der Waals surface area contributed by atoms with E-state index in [-0.39, 0.29) is 0 Å². The number of fused-ring (bicyclic) bond motifs is 9. The fraction of sp³-hybridized carbons (Fsp3) is 0.0600. The molecule has 0 radical (unpaired) electrons. The van der Waals surface area contributed by atoms with E-state index in [0.29, 0.717) is 17.8 Å². The van der Waals surface area contributed by atoms with Gasteiger partial charge in [-0.05, 0) is 95.3 Å². The molecule has 4 aromatic heterocycles. The highest BCUT2D eigenvalue weighted by Gasteiger charge is 2.53. The van der Waals surface area contributed by atoms with E-state index < -0.39 is 0 Å². The summed E-state index contributed by atoms with van der Waals surface area (Å²) in [5.74, 6) is 1.22. The lowest BCUT2D eigenvalue weighted by atomic mass is 10.0. The van der Waals surface area contributed by atoms with E-state index in [2.05, 4.69) is 179 Å². The van der Waals surface area contributed by atoms with Gasteiger partial charge in [0.25, 0.3) is 0 Å². The van der Waals surface area contributed by atoms with Crippen molar-refractivity contribution in [3.63, 3.8) is 0 Å². The third-order valence-electron chi connectivity index (χ3n) is 11.9. The molecular weight excluding hydrogens is 675 g/mol. The Morgan fingerprint density at radius 1 is 0.407 bits per heavy atom. The third-order valence-corrected chi connectivity index (χ3v) is 13.1. The molecule has 11 aromatic rings. The maximum absolute atomic E-state index is 4.86. The summed E-state index contributed by atoms with van der Waals surface area (Å²) in [5, 5.41) is 7.67. The van der Waals surface area contributed by atoms with Crippen LogP contribution in [0, 0.1) is 0 Å². The Balaban J connectivity index is 1.03. The normalized spacial score (nSPS) is 17.1. The Labute approximate surface area is 316 Å². The van der Waals surface area contributed by atoms with Crippen molar-refractivity contribution < 1.29 is 0 Å². The molecule has 254 valence electrons. The lowest BCUT2D eigenvalue weighted by Gasteiger charge is -2.10. The van der Waals surface area contributed by atoms with Crippen molar-refractivity contribution in [3.05, 3.63) is 199 Å². The molecule has 1 aliphatic rings. The maximum Gasteiger partial charge on any atom is 0.145 e. The van der Waals surface area contributed by atoms with E-state index in [9.17, 15) is 0 Å². The summed E-state index contributed by atoms with van der Waals surface area (Å²) in [4.78, 5) is 4.86. The van der Waals surface area contributed by atoms with Crippen molar-refractivity contribution in [2.75, 3.05) is 0 Å². The van der Waals surface area contributed by atoms with Crippen molar-refractivity contribution in [2.45, 2.75) is 17.8 Å². The van der Waals surface area contributed by atoms with Gasteiger partial charge >= 0.3 is 0 Å². The topological polar surface area (TPSA) is 22.8 Å². The Morgan fingerprint density at radius 2 is 1.07 bits per heavy atom. The van der Waals surface area contributed by atoms with Gasteiger partial charge in [0, 0.05) is 65.2 Å². The molecule has 0 bridgehead atoms. The summed E-state index contributed by atoms with van der Waals surface area (Å²) < 4.78 is 7.53. The average Bonchev–Trinajstić information content (AvgIpc) is 3.53. The molecule has 3 atom stereocenters. The first-order valence-electron chi connectivity index (χ1n) is 18.7. The summed E-state index contributed by atoms with van der Waals surface area (Å²) in [7, 11) is 0. The minimum Gasteiger partial charge on any atom is -0.309 e. The minimum absolute atomic E-state index is 0.391. The zero-order valence-electron chi connectivity index (χ0n) is 29.3. The molecule has 3 nitrogen and oxygen atoms in total. The van der Waals surface area contributed by atoms with Crippen LogP contribution >= 0.6 is 11.3 Å². The van der Waals surface area contributed by atoms with Crippen molar-refractivity contribution in [1.29, 1.82) is 0 Å². The smallest absolute Gasteiger partial charge is 0.145 e. The van der Waals surface area contributed by atoms with Crippen molar-refractivity contribution in [1.82, 2.24) is 14.1 Å². The zero-order valence-corrected chi connectivity index (χ0v) is 30.1.